The molecule has 1 heterocycles. The van der Waals surface area contributed by atoms with Crippen LogP contribution in [-0.4, -0.2) is 35.6 Å². The van der Waals surface area contributed by atoms with Crippen molar-refractivity contribution in [3.05, 3.63) is 34.4 Å². The summed E-state index contributed by atoms with van der Waals surface area (Å²) in [5, 5.41) is 5.77. The predicted molar refractivity (Wildman–Crippen MR) is 102 cm³/mol. The first-order valence-corrected chi connectivity index (χ1v) is 9.03. The van der Waals surface area contributed by atoms with Crippen LogP contribution in [0, 0.1) is 0 Å². The Labute approximate surface area is 149 Å². The summed E-state index contributed by atoms with van der Waals surface area (Å²) in [5.74, 6) is 0. The third-order valence-electron chi connectivity index (χ3n) is 4.17. The van der Waals surface area contributed by atoms with Crippen LogP contribution < -0.4 is 5.32 Å². The lowest BCUT2D eigenvalue weighted by Gasteiger charge is -2.21. The van der Waals surface area contributed by atoms with Gasteiger partial charge in [0, 0.05) is 28.3 Å². The summed E-state index contributed by atoms with van der Waals surface area (Å²) in [4.78, 5) is 6.81. The highest BCUT2D eigenvalue weighted by Crippen LogP contribution is 2.31. The van der Waals surface area contributed by atoms with Gasteiger partial charge in [-0.1, -0.05) is 37.0 Å². The highest BCUT2D eigenvalue weighted by atomic mass is 35.5. The van der Waals surface area contributed by atoms with Crippen molar-refractivity contribution in [1.29, 1.82) is 0 Å². The van der Waals surface area contributed by atoms with Gasteiger partial charge in [-0.05, 0) is 57.6 Å². The molecule has 0 aliphatic rings. The van der Waals surface area contributed by atoms with Crippen LogP contribution >= 0.6 is 23.2 Å². The van der Waals surface area contributed by atoms with E-state index in [1.165, 1.54) is 6.42 Å². The van der Waals surface area contributed by atoms with Crippen LogP contribution in [-0.2, 0) is 0 Å². The summed E-state index contributed by atoms with van der Waals surface area (Å²) in [6.45, 7) is 10.0. The van der Waals surface area contributed by atoms with Gasteiger partial charge in [-0.3, -0.25) is 4.98 Å². The Hall–Kier alpha value is -1.03. The molecule has 23 heavy (non-hydrogen) atoms. The lowest BCUT2D eigenvalue weighted by Crippen LogP contribution is -2.25. The molecule has 0 aliphatic heterocycles. The van der Waals surface area contributed by atoms with E-state index in [4.69, 9.17) is 23.2 Å². The van der Waals surface area contributed by atoms with E-state index in [2.05, 4.69) is 36.0 Å². The van der Waals surface area contributed by atoms with Crippen molar-refractivity contribution in [3.63, 3.8) is 0 Å². The standard InChI is InChI=1S/C18H25Cl2N3/c1-4-23(5-2)10-6-7-13(3)22-17-8-9-21-18-15(17)11-14(19)12-16(18)20/h8-9,11-13H,4-7,10H2,1-3H3,(H,21,22)/t13-/m1/s1. The van der Waals surface area contributed by atoms with Crippen molar-refractivity contribution in [2.24, 2.45) is 0 Å². The number of nitrogens with one attached hydrogen (secondary N) is 1. The Morgan fingerprint density at radius 1 is 1.22 bits per heavy atom. The number of pyridine rings is 1. The molecule has 2 aromatic rings. The fourth-order valence-electron chi connectivity index (χ4n) is 2.80. The monoisotopic (exact) mass is 353 g/mol. The van der Waals surface area contributed by atoms with E-state index in [1.54, 1.807) is 12.3 Å². The first-order valence-electron chi connectivity index (χ1n) is 8.27. The summed E-state index contributed by atoms with van der Waals surface area (Å²) in [7, 11) is 0. The number of hydrogen-bond acceptors (Lipinski definition) is 3. The zero-order valence-electron chi connectivity index (χ0n) is 14.1. The number of hydrogen-bond donors (Lipinski definition) is 1. The third kappa shape index (κ3) is 4.97. The fourth-order valence-corrected chi connectivity index (χ4v) is 3.35. The smallest absolute Gasteiger partial charge is 0.0909 e. The summed E-state index contributed by atoms with van der Waals surface area (Å²) in [6.07, 6.45) is 4.09. The number of halogens is 2. The van der Waals surface area contributed by atoms with Crippen LogP contribution in [0.4, 0.5) is 5.69 Å². The lowest BCUT2D eigenvalue weighted by molar-refractivity contribution is 0.295. The molecule has 0 unspecified atom stereocenters. The minimum atomic E-state index is 0.383. The number of nitrogens with zero attached hydrogens (tertiary/aromatic N) is 2. The number of aromatic nitrogens is 1. The second-order valence-corrected chi connectivity index (χ2v) is 6.70. The van der Waals surface area contributed by atoms with Crippen LogP contribution in [0.25, 0.3) is 10.9 Å². The Bertz CT molecular complexity index is 641. The number of fused-ring (bicyclic) bond motifs is 1. The number of anilines is 1. The molecule has 0 saturated carbocycles. The molecule has 0 aliphatic carbocycles. The van der Waals surface area contributed by atoms with E-state index in [9.17, 15) is 0 Å². The molecule has 0 bridgehead atoms. The van der Waals surface area contributed by atoms with Gasteiger partial charge in [-0.2, -0.15) is 0 Å². The predicted octanol–water partition coefficient (Wildman–Crippen LogP) is 5.46. The highest BCUT2D eigenvalue weighted by Gasteiger charge is 2.10. The van der Waals surface area contributed by atoms with E-state index < -0.39 is 0 Å². The van der Waals surface area contributed by atoms with E-state index in [-0.39, 0.29) is 0 Å². The minimum absolute atomic E-state index is 0.383. The average Bonchev–Trinajstić information content (AvgIpc) is 2.52. The van der Waals surface area contributed by atoms with Crippen LogP contribution in [0.1, 0.15) is 33.6 Å². The molecular formula is C18H25Cl2N3. The van der Waals surface area contributed by atoms with Gasteiger partial charge >= 0.3 is 0 Å². The number of rotatable bonds is 8. The molecule has 1 N–H and O–H groups in total. The van der Waals surface area contributed by atoms with Crippen LogP contribution in [0.5, 0.6) is 0 Å². The van der Waals surface area contributed by atoms with Gasteiger partial charge in [0.1, 0.15) is 0 Å². The first-order chi connectivity index (χ1) is 11.0. The Morgan fingerprint density at radius 3 is 2.65 bits per heavy atom. The Morgan fingerprint density at radius 2 is 1.96 bits per heavy atom. The molecule has 1 atom stereocenters. The summed E-state index contributed by atoms with van der Waals surface area (Å²) < 4.78 is 0. The molecule has 3 nitrogen and oxygen atoms in total. The second kappa shape index (κ2) is 8.72. The maximum absolute atomic E-state index is 6.24. The molecule has 1 aromatic carbocycles. The quantitative estimate of drug-likeness (QED) is 0.682. The molecule has 0 spiro atoms. The normalized spacial score (nSPS) is 12.8. The molecule has 5 heteroatoms. The van der Waals surface area contributed by atoms with Gasteiger partial charge in [-0.25, -0.2) is 0 Å². The van der Waals surface area contributed by atoms with Crippen LogP contribution in [0.15, 0.2) is 24.4 Å². The highest BCUT2D eigenvalue weighted by molar-refractivity contribution is 6.38. The summed E-state index contributed by atoms with van der Waals surface area (Å²) in [5.41, 5.74) is 1.83. The van der Waals surface area contributed by atoms with E-state index in [1.807, 2.05) is 12.1 Å². The third-order valence-corrected chi connectivity index (χ3v) is 4.68. The molecule has 2 rings (SSSR count). The fraction of sp³-hybridized carbons (Fsp3) is 0.500. The molecular weight excluding hydrogens is 329 g/mol. The second-order valence-electron chi connectivity index (χ2n) is 5.86. The largest absolute Gasteiger partial charge is 0.382 e. The molecule has 0 amide bonds. The van der Waals surface area contributed by atoms with E-state index >= 15 is 0 Å². The van der Waals surface area contributed by atoms with Gasteiger partial charge in [0.25, 0.3) is 0 Å². The molecule has 0 fully saturated rings. The van der Waals surface area contributed by atoms with Crippen molar-refractivity contribution in [3.8, 4) is 0 Å². The molecule has 0 saturated heterocycles. The van der Waals surface area contributed by atoms with Gasteiger partial charge in [0.15, 0.2) is 0 Å². The van der Waals surface area contributed by atoms with Crippen molar-refractivity contribution >= 4 is 39.8 Å². The number of benzene rings is 1. The van der Waals surface area contributed by atoms with Crippen LogP contribution in [0.2, 0.25) is 10.0 Å². The molecule has 126 valence electrons. The summed E-state index contributed by atoms with van der Waals surface area (Å²) in [6, 6.07) is 6.01. The van der Waals surface area contributed by atoms with Crippen molar-refractivity contribution in [2.75, 3.05) is 25.0 Å². The van der Waals surface area contributed by atoms with Crippen molar-refractivity contribution < 1.29 is 0 Å². The zero-order valence-corrected chi connectivity index (χ0v) is 15.6. The first kappa shape index (κ1) is 18.3. The van der Waals surface area contributed by atoms with Crippen molar-refractivity contribution in [2.45, 2.75) is 39.7 Å². The summed E-state index contributed by atoms with van der Waals surface area (Å²) >= 11 is 12.4. The van der Waals surface area contributed by atoms with E-state index in [0.717, 1.165) is 42.6 Å². The SMILES string of the molecule is CCN(CC)CCC[C@@H](C)Nc1ccnc2c(Cl)cc(Cl)cc12. The maximum atomic E-state index is 6.24. The van der Waals surface area contributed by atoms with Crippen LogP contribution in [0.3, 0.4) is 0 Å². The van der Waals surface area contributed by atoms with Crippen molar-refractivity contribution in [1.82, 2.24) is 9.88 Å². The topological polar surface area (TPSA) is 28.2 Å². The van der Waals surface area contributed by atoms with Gasteiger partial charge < -0.3 is 10.2 Å². The van der Waals surface area contributed by atoms with Gasteiger partial charge in [0.2, 0.25) is 0 Å². The average molecular weight is 354 g/mol. The molecule has 0 radical (unpaired) electrons. The lowest BCUT2D eigenvalue weighted by atomic mass is 10.1. The zero-order chi connectivity index (χ0) is 16.8. The maximum Gasteiger partial charge on any atom is 0.0909 e. The Balaban J connectivity index is 2.04. The van der Waals surface area contributed by atoms with Gasteiger partial charge in [0.05, 0.1) is 10.5 Å². The van der Waals surface area contributed by atoms with E-state index in [0.29, 0.717) is 16.1 Å². The minimum Gasteiger partial charge on any atom is -0.382 e. The molecule has 1 aromatic heterocycles. The Kier molecular flexibility index (Phi) is 6.94. The van der Waals surface area contributed by atoms with Gasteiger partial charge in [-0.15, -0.1) is 0 Å².